The van der Waals surface area contributed by atoms with Gasteiger partial charge < -0.3 is 0 Å². The first-order valence-electron chi connectivity index (χ1n) is 5.46. The van der Waals surface area contributed by atoms with Gasteiger partial charge in [-0.15, -0.1) is 11.3 Å². The third-order valence-electron chi connectivity index (χ3n) is 2.77. The number of thiophene rings is 1. The van der Waals surface area contributed by atoms with Crippen molar-refractivity contribution in [1.29, 1.82) is 0 Å². The first-order valence-corrected chi connectivity index (χ1v) is 7.89. The predicted molar refractivity (Wildman–Crippen MR) is 69.0 cm³/mol. The van der Waals surface area contributed by atoms with Crippen molar-refractivity contribution in [1.82, 2.24) is 9.71 Å². The van der Waals surface area contributed by atoms with Gasteiger partial charge in [-0.2, -0.15) is 0 Å². The lowest BCUT2D eigenvalue weighted by molar-refractivity contribution is 0.0983. The molecule has 0 aliphatic heterocycles. The van der Waals surface area contributed by atoms with Gasteiger partial charge in [0, 0.05) is 11.6 Å². The third kappa shape index (κ3) is 1.99. The molecule has 1 fully saturated rings. The van der Waals surface area contributed by atoms with E-state index in [-0.39, 0.29) is 0 Å². The van der Waals surface area contributed by atoms with E-state index in [0.29, 0.717) is 23.9 Å². The molecule has 1 aliphatic carbocycles. The number of nitrogens with zero attached hydrogens (tertiary/aromatic N) is 1. The van der Waals surface area contributed by atoms with E-state index in [9.17, 15) is 13.2 Å². The number of pyridine rings is 1. The molecule has 7 heteroatoms. The molecule has 0 saturated heterocycles. The molecule has 5 nitrogen and oxygen atoms in total. The lowest BCUT2D eigenvalue weighted by atomic mass is 10.2. The monoisotopic (exact) mass is 282 g/mol. The molecule has 1 amide bonds. The average molecular weight is 282 g/mol. The number of sulfonamides is 1. The molecule has 0 bridgehead atoms. The number of rotatable bonds is 3. The van der Waals surface area contributed by atoms with Crippen LogP contribution in [0.4, 0.5) is 0 Å². The number of carbonyl (C=O) groups is 1. The molecule has 0 spiro atoms. The van der Waals surface area contributed by atoms with Crippen LogP contribution in [0.5, 0.6) is 0 Å². The minimum absolute atomic E-state index is 0.319. The van der Waals surface area contributed by atoms with E-state index >= 15 is 0 Å². The van der Waals surface area contributed by atoms with Crippen molar-refractivity contribution in [2.24, 2.45) is 0 Å². The normalized spacial score (nSPS) is 15.8. The van der Waals surface area contributed by atoms with Crippen molar-refractivity contribution in [3.05, 3.63) is 29.3 Å². The molecule has 94 valence electrons. The highest BCUT2D eigenvalue weighted by atomic mass is 32.2. The van der Waals surface area contributed by atoms with Gasteiger partial charge in [0.05, 0.1) is 21.0 Å². The predicted octanol–water partition coefficient (Wildman–Crippen LogP) is 1.52. The smallest absolute Gasteiger partial charge is 0.267 e. The fraction of sp³-hybridized carbons (Fsp3) is 0.273. The molecule has 0 unspecified atom stereocenters. The van der Waals surface area contributed by atoms with Crippen molar-refractivity contribution in [3.8, 4) is 0 Å². The zero-order chi connectivity index (χ0) is 12.8. The Morgan fingerprint density at radius 1 is 1.44 bits per heavy atom. The van der Waals surface area contributed by atoms with Crippen LogP contribution in [0.2, 0.25) is 0 Å². The van der Waals surface area contributed by atoms with Gasteiger partial charge in [-0.1, -0.05) is 0 Å². The summed E-state index contributed by atoms with van der Waals surface area (Å²) in [5, 5.41) is 1.23. The number of hydrogen-bond donors (Lipinski definition) is 1. The van der Waals surface area contributed by atoms with Crippen molar-refractivity contribution < 1.29 is 13.2 Å². The summed E-state index contributed by atoms with van der Waals surface area (Å²) in [5.74, 6) is -0.591. The van der Waals surface area contributed by atoms with E-state index in [1.165, 1.54) is 11.3 Å². The fourth-order valence-corrected chi connectivity index (χ4v) is 3.86. The van der Waals surface area contributed by atoms with Crippen LogP contribution in [0.15, 0.2) is 23.7 Å². The molecule has 0 radical (unpaired) electrons. The first kappa shape index (κ1) is 11.6. The Kier molecular flexibility index (Phi) is 2.60. The van der Waals surface area contributed by atoms with E-state index in [1.807, 2.05) is 6.07 Å². The highest BCUT2D eigenvalue weighted by molar-refractivity contribution is 7.91. The zero-order valence-electron chi connectivity index (χ0n) is 9.29. The molecule has 18 heavy (non-hydrogen) atoms. The Morgan fingerprint density at radius 2 is 2.22 bits per heavy atom. The van der Waals surface area contributed by atoms with Gasteiger partial charge in [0.15, 0.2) is 0 Å². The van der Waals surface area contributed by atoms with Crippen LogP contribution in [0.1, 0.15) is 23.2 Å². The minimum Gasteiger partial charge on any atom is -0.268 e. The van der Waals surface area contributed by atoms with Gasteiger partial charge in [-0.3, -0.25) is 9.78 Å². The van der Waals surface area contributed by atoms with E-state index in [1.54, 1.807) is 17.6 Å². The Hall–Kier alpha value is -1.47. The van der Waals surface area contributed by atoms with E-state index in [2.05, 4.69) is 9.71 Å². The van der Waals surface area contributed by atoms with Gasteiger partial charge in [0.25, 0.3) is 5.91 Å². The Morgan fingerprint density at radius 3 is 2.94 bits per heavy atom. The van der Waals surface area contributed by atoms with Crippen LogP contribution in [-0.4, -0.2) is 24.6 Å². The van der Waals surface area contributed by atoms with Crippen LogP contribution in [0.25, 0.3) is 10.2 Å². The van der Waals surface area contributed by atoms with Crippen molar-refractivity contribution in [3.63, 3.8) is 0 Å². The molecule has 1 N–H and O–H groups in total. The summed E-state index contributed by atoms with van der Waals surface area (Å²) in [6.45, 7) is 0. The molecule has 1 saturated carbocycles. The van der Waals surface area contributed by atoms with E-state index < -0.39 is 21.2 Å². The Labute approximate surface area is 108 Å². The summed E-state index contributed by atoms with van der Waals surface area (Å²) in [7, 11) is -3.50. The van der Waals surface area contributed by atoms with Crippen LogP contribution >= 0.6 is 11.3 Å². The lowest BCUT2D eigenvalue weighted by Gasteiger charge is -2.04. The lowest BCUT2D eigenvalue weighted by Crippen LogP contribution is -2.33. The number of fused-ring (bicyclic) bond motifs is 1. The number of hydrogen-bond acceptors (Lipinski definition) is 5. The standard InChI is InChI=1S/C11H10N2O3S2/c14-11(13-18(15,16)7-3-4-7)8-6-17-9-2-1-5-12-10(8)9/h1-2,5-7H,3-4H2,(H,13,14). The summed E-state index contributed by atoms with van der Waals surface area (Å²) >= 11 is 1.37. The van der Waals surface area contributed by atoms with Crippen LogP contribution in [0.3, 0.4) is 0 Å². The number of nitrogens with one attached hydrogen (secondary N) is 1. The second-order valence-electron chi connectivity index (χ2n) is 4.18. The minimum atomic E-state index is -3.50. The summed E-state index contributed by atoms with van der Waals surface area (Å²) in [6, 6.07) is 3.63. The maximum absolute atomic E-state index is 11.9. The van der Waals surface area contributed by atoms with E-state index in [4.69, 9.17) is 0 Å². The van der Waals surface area contributed by atoms with Crippen molar-refractivity contribution in [2.45, 2.75) is 18.1 Å². The molecular weight excluding hydrogens is 272 g/mol. The van der Waals surface area contributed by atoms with Crippen molar-refractivity contribution in [2.75, 3.05) is 0 Å². The van der Waals surface area contributed by atoms with Gasteiger partial charge >= 0.3 is 0 Å². The largest absolute Gasteiger partial charge is 0.268 e. The number of amides is 1. The highest BCUT2D eigenvalue weighted by Crippen LogP contribution is 2.28. The summed E-state index contributed by atoms with van der Waals surface area (Å²) < 4.78 is 26.4. The second-order valence-corrected chi connectivity index (χ2v) is 7.05. The summed E-state index contributed by atoms with van der Waals surface area (Å²) in [6.07, 6.45) is 2.84. The van der Waals surface area contributed by atoms with Crippen LogP contribution in [-0.2, 0) is 10.0 Å². The first-order chi connectivity index (χ1) is 8.58. The number of aromatic nitrogens is 1. The average Bonchev–Trinajstić information content (AvgIpc) is 3.09. The maximum atomic E-state index is 11.9. The van der Waals surface area contributed by atoms with Gasteiger partial charge in [0.2, 0.25) is 10.0 Å². The van der Waals surface area contributed by atoms with Gasteiger partial charge in [-0.25, -0.2) is 13.1 Å². The molecule has 1 aliphatic rings. The maximum Gasteiger partial charge on any atom is 0.267 e. The summed E-state index contributed by atoms with van der Waals surface area (Å²) in [5.41, 5.74) is 0.867. The second kappa shape index (κ2) is 4.03. The molecule has 0 atom stereocenters. The topological polar surface area (TPSA) is 76.1 Å². The van der Waals surface area contributed by atoms with Crippen molar-refractivity contribution >= 4 is 37.5 Å². The third-order valence-corrected chi connectivity index (χ3v) is 5.53. The quantitative estimate of drug-likeness (QED) is 0.926. The van der Waals surface area contributed by atoms with Crippen LogP contribution in [0, 0.1) is 0 Å². The molecule has 2 aromatic heterocycles. The van der Waals surface area contributed by atoms with Crippen LogP contribution < -0.4 is 4.72 Å². The van der Waals surface area contributed by atoms with Gasteiger partial charge in [-0.05, 0) is 25.0 Å². The Balaban J connectivity index is 1.93. The summed E-state index contributed by atoms with van der Waals surface area (Å²) in [4.78, 5) is 16.1. The van der Waals surface area contributed by atoms with Gasteiger partial charge in [0.1, 0.15) is 0 Å². The molecule has 0 aromatic carbocycles. The number of carbonyl (C=O) groups excluding carboxylic acids is 1. The SMILES string of the molecule is O=C(NS(=O)(=O)C1CC1)c1csc2cccnc12. The van der Waals surface area contributed by atoms with E-state index in [0.717, 1.165) is 4.70 Å². The zero-order valence-corrected chi connectivity index (χ0v) is 10.9. The molecule has 2 aromatic rings. The molecule has 2 heterocycles. The fourth-order valence-electron chi connectivity index (χ4n) is 1.67. The molecule has 3 rings (SSSR count). The molecular formula is C11H10N2O3S2. The Bertz CT molecular complexity index is 717. The highest BCUT2D eigenvalue weighted by Gasteiger charge is 2.37.